The van der Waals surface area contributed by atoms with Crippen molar-refractivity contribution >= 4 is 23.2 Å². The van der Waals surface area contributed by atoms with Gasteiger partial charge in [0.25, 0.3) is 0 Å². The molecule has 0 radical (unpaired) electrons. The molecule has 0 atom stereocenters. The zero-order valence-corrected chi connectivity index (χ0v) is 11.9. The summed E-state index contributed by atoms with van der Waals surface area (Å²) >= 11 is 11.6. The smallest absolute Gasteiger partial charge is 0.142 e. The fourth-order valence-corrected chi connectivity index (χ4v) is 2.98. The van der Waals surface area contributed by atoms with Crippen LogP contribution in [0.1, 0.15) is 31.2 Å². The molecule has 1 aliphatic carbocycles. The predicted molar refractivity (Wildman–Crippen MR) is 74.8 cm³/mol. The van der Waals surface area contributed by atoms with Gasteiger partial charge in [-0.2, -0.15) is 0 Å². The van der Waals surface area contributed by atoms with E-state index >= 15 is 0 Å². The highest BCUT2D eigenvalue weighted by Gasteiger charge is 2.22. The Labute approximate surface area is 118 Å². The van der Waals surface area contributed by atoms with Crippen LogP contribution in [0.25, 0.3) is 0 Å². The van der Waals surface area contributed by atoms with Gasteiger partial charge in [0.1, 0.15) is 5.82 Å². The van der Waals surface area contributed by atoms with Crippen molar-refractivity contribution in [1.82, 2.24) is 4.90 Å². The zero-order chi connectivity index (χ0) is 13.0. The minimum Gasteiger partial charge on any atom is -0.295 e. The van der Waals surface area contributed by atoms with Crippen LogP contribution in [-0.4, -0.2) is 23.4 Å². The Bertz CT molecular complexity index is 391. The van der Waals surface area contributed by atoms with E-state index < -0.39 is 0 Å². The molecule has 0 spiro atoms. The number of halogens is 3. The number of rotatable bonds is 5. The second kappa shape index (κ2) is 6.74. The van der Waals surface area contributed by atoms with Gasteiger partial charge in [-0.3, -0.25) is 4.90 Å². The van der Waals surface area contributed by atoms with Crippen molar-refractivity contribution in [1.29, 1.82) is 0 Å². The Hall–Kier alpha value is -0.310. The molecule has 100 valence electrons. The molecule has 0 bridgehead atoms. The summed E-state index contributed by atoms with van der Waals surface area (Å²) in [5, 5.41) is 0.184. The van der Waals surface area contributed by atoms with Crippen LogP contribution in [0.15, 0.2) is 18.2 Å². The molecule has 1 aliphatic rings. The quantitative estimate of drug-likeness (QED) is 0.724. The second-order valence-corrected chi connectivity index (χ2v) is 5.63. The van der Waals surface area contributed by atoms with Crippen molar-refractivity contribution in [3.63, 3.8) is 0 Å². The summed E-state index contributed by atoms with van der Waals surface area (Å²) in [4.78, 5) is 2.36. The number of hydrogen-bond donors (Lipinski definition) is 0. The molecule has 0 aliphatic heterocycles. The van der Waals surface area contributed by atoms with Crippen molar-refractivity contribution in [2.24, 2.45) is 0 Å². The molecule has 0 heterocycles. The van der Waals surface area contributed by atoms with Gasteiger partial charge in [0.05, 0.1) is 5.02 Å². The molecule has 0 aromatic heterocycles. The lowest BCUT2D eigenvalue weighted by Gasteiger charge is -2.28. The Morgan fingerprint density at radius 3 is 2.61 bits per heavy atom. The number of nitrogens with zero attached hydrogens (tertiary/aromatic N) is 1. The maximum atomic E-state index is 13.4. The van der Waals surface area contributed by atoms with Crippen molar-refractivity contribution in [2.45, 2.75) is 38.3 Å². The summed E-state index contributed by atoms with van der Waals surface area (Å²) in [7, 11) is 0. The lowest BCUT2D eigenvalue weighted by molar-refractivity contribution is 0.201. The summed E-state index contributed by atoms with van der Waals surface area (Å²) < 4.78 is 13.4. The highest BCUT2D eigenvalue weighted by atomic mass is 35.5. The zero-order valence-electron chi connectivity index (χ0n) is 10.3. The lowest BCUT2D eigenvalue weighted by Crippen LogP contribution is -2.34. The molecule has 0 unspecified atom stereocenters. The molecule has 1 aromatic rings. The fraction of sp³-hybridized carbons (Fsp3) is 0.571. The van der Waals surface area contributed by atoms with Crippen molar-refractivity contribution in [3.8, 4) is 0 Å². The van der Waals surface area contributed by atoms with Gasteiger partial charge < -0.3 is 0 Å². The van der Waals surface area contributed by atoms with E-state index in [2.05, 4.69) is 4.90 Å². The summed E-state index contributed by atoms with van der Waals surface area (Å²) in [5.41, 5.74) is 0.967. The van der Waals surface area contributed by atoms with Gasteiger partial charge in [0.2, 0.25) is 0 Å². The third-order valence-electron chi connectivity index (χ3n) is 3.58. The van der Waals surface area contributed by atoms with Gasteiger partial charge in [0.15, 0.2) is 0 Å². The standard InChI is InChI=1S/C14H18Cl2FN/c15-7-8-18(12-3-1-2-4-12)10-11-5-6-13(16)14(17)9-11/h5-6,9,12H,1-4,7-8,10H2. The highest BCUT2D eigenvalue weighted by molar-refractivity contribution is 6.30. The topological polar surface area (TPSA) is 3.24 Å². The highest BCUT2D eigenvalue weighted by Crippen LogP contribution is 2.25. The molecule has 1 fully saturated rings. The fourth-order valence-electron chi connectivity index (χ4n) is 2.64. The second-order valence-electron chi connectivity index (χ2n) is 4.85. The minimum absolute atomic E-state index is 0.184. The summed E-state index contributed by atoms with van der Waals surface area (Å²) in [5.74, 6) is 0.276. The number of alkyl halides is 1. The summed E-state index contributed by atoms with van der Waals surface area (Å²) in [6, 6.07) is 5.64. The summed E-state index contributed by atoms with van der Waals surface area (Å²) in [6.07, 6.45) is 5.04. The Morgan fingerprint density at radius 1 is 1.28 bits per heavy atom. The third-order valence-corrected chi connectivity index (χ3v) is 4.06. The van der Waals surface area contributed by atoms with E-state index in [0.29, 0.717) is 11.9 Å². The maximum absolute atomic E-state index is 13.4. The molecule has 0 amide bonds. The molecular weight excluding hydrogens is 272 g/mol. The van der Waals surface area contributed by atoms with Crippen molar-refractivity contribution < 1.29 is 4.39 Å². The van der Waals surface area contributed by atoms with Gasteiger partial charge in [0, 0.05) is 25.0 Å². The van der Waals surface area contributed by atoms with Crippen molar-refractivity contribution in [3.05, 3.63) is 34.6 Å². The Kier molecular flexibility index (Phi) is 5.28. The molecular formula is C14H18Cl2FN. The van der Waals surface area contributed by atoms with Crippen LogP contribution in [0.2, 0.25) is 5.02 Å². The van der Waals surface area contributed by atoms with Gasteiger partial charge in [-0.05, 0) is 30.5 Å². The molecule has 2 rings (SSSR count). The predicted octanol–water partition coefficient (Wildman–Crippen LogP) is 4.46. The van der Waals surface area contributed by atoms with E-state index in [4.69, 9.17) is 23.2 Å². The lowest BCUT2D eigenvalue weighted by atomic mass is 10.1. The van der Waals surface area contributed by atoms with Crippen LogP contribution in [-0.2, 0) is 6.54 Å². The normalized spacial score (nSPS) is 16.7. The van der Waals surface area contributed by atoms with E-state index in [-0.39, 0.29) is 10.8 Å². The average molecular weight is 290 g/mol. The molecule has 1 nitrogen and oxygen atoms in total. The van der Waals surface area contributed by atoms with Crippen LogP contribution < -0.4 is 0 Å². The van der Waals surface area contributed by atoms with E-state index in [1.807, 2.05) is 6.07 Å². The van der Waals surface area contributed by atoms with E-state index in [1.54, 1.807) is 6.07 Å². The van der Waals surface area contributed by atoms with Crippen molar-refractivity contribution in [2.75, 3.05) is 12.4 Å². The molecule has 4 heteroatoms. The molecule has 18 heavy (non-hydrogen) atoms. The van der Waals surface area contributed by atoms with Gasteiger partial charge >= 0.3 is 0 Å². The Morgan fingerprint density at radius 2 is 2.00 bits per heavy atom. The SMILES string of the molecule is Fc1cc(CN(CCCl)C2CCCC2)ccc1Cl. The summed E-state index contributed by atoms with van der Waals surface area (Å²) in [6.45, 7) is 1.61. The Balaban J connectivity index is 2.04. The number of benzene rings is 1. The van der Waals surface area contributed by atoms with Crippen LogP contribution in [0, 0.1) is 5.82 Å². The monoisotopic (exact) mass is 289 g/mol. The average Bonchev–Trinajstić information content (AvgIpc) is 2.87. The van der Waals surface area contributed by atoms with Crippen LogP contribution in [0.4, 0.5) is 4.39 Å². The van der Waals surface area contributed by atoms with Crippen LogP contribution >= 0.6 is 23.2 Å². The maximum Gasteiger partial charge on any atom is 0.142 e. The number of hydrogen-bond acceptors (Lipinski definition) is 1. The van der Waals surface area contributed by atoms with Gasteiger partial charge in [-0.1, -0.05) is 30.5 Å². The third kappa shape index (κ3) is 3.59. The first-order valence-corrected chi connectivity index (χ1v) is 7.36. The first-order valence-electron chi connectivity index (χ1n) is 6.44. The van der Waals surface area contributed by atoms with E-state index in [0.717, 1.165) is 18.7 Å². The molecule has 0 N–H and O–H groups in total. The van der Waals surface area contributed by atoms with E-state index in [1.165, 1.54) is 31.7 Å². The first-order chi connectivity index (χ1) is 8.70. The van der Waals surface area contributed by atoms with Gasteiger partial charge in [-0.25, -0.2) is 4.39 Å². The molecule has 1 saturated carbocycles. The molecule has 1 aromatic carbocycles. The van der Waals surface area contributed by atoms with E-state index in [9.17, 15) is 4.39 Å². The van der Waals surface area contributed by atoms with Crippen LogP contribution in [0.3, 0.4) is 0 Å². The largest absolute Gasteiger partial charge is 0.295 e. The first kappa shape index (κ1) is 14.1. The molecule has 0 saturated heterocycles. The van der Waals surface area contributed by atoms with Crippen LogP contribution in [0.5, 0.6) is 0 Å². The minimum atomic E-state index is -0.341. The van der Waals surface area contributed by atoms with Gasteiger partial charge in [-0.15, -0.1) is 11.6 Å².